The molecule has 0 atom stereocenters. The molecule has 12 heavy (non-hydrogen) atoms. The van der Waals surface area contributed by atoms with Gasteiger partial charge in [0.05, 0.1) is 13.2 Å². The number of hydrogen-bond donors (Lipinski definition) is 0. The van der Waals surface area contributed by atoms with Crippen molar-refractivity contribution in [1.82, 2.24) is 5.06 Å². The van der Waals surface area contributed by atoms with Crippen LogP contribution in [0.4, 0.5) is 0 Å². The Morgan fingerprint density at radius 2 is 2.25 bits per heavy atom. The fourth-order valence-electron chi connectivity index (χ4n) is 1.08. The highest BCUT2D eigenvalue weighted by molar-refractivity contribution is 5.06. The van der Waals surface area contributed by atoms with Crippen molar-refractivity contribution < 1.29 is 4.84 Å². The fourth-order valence-corrected chi connectivity index (χ4v) is 1.08. The summed E-state index contributed by atoms with van der Waals surface area (Å²) in [6.45, 7) is 3.91. The Kier molecular flexibility index (Phi) is 4.54. The van der Waals surface area contributed by atoms with Gasteiger partial charge in [-0.2, -0.15) is 0 Å². The lowest BCUT2D eigenvalue weighted by Gasteiger charge is -2.19. The SMILES string of the molecule is CCCCCON1C=CC=CC1. The van der Waals surface area contributed by atoms with Gasteiger partial charge in [0.25, 0.3) is 0 Å². The van der Waals surface area contributed by atoms with E-state index in [4.69, 9.17) is 4.84 Å². The molecule has 0 fully saturated rings. The molecule has 0 aromatic heterocycles. The average molecular weight is 167 g/mol. The Hall–Kier alpha value is -0.760. The van der Waals surface area contributed by atoms with E-state index in [0.717, 1.165) is 19.6 Å². The van der Waals surface area contributed by atoms with Crippen molar-refractivity contribution in [3.63, 3.8) is 0 Å². The van der Waals surface area contributed by atoms with Crippen LogP contribution in [-0.4, -0.2) is 18.2 Å². The van der Waals surface area contributed by atoms with Gasteiger partial charge >= 0.3 is 0 Å². The van der Waals surface area contributed by atoms with Gasteiger partial charge in [-0.1, -0.05) is 31.9 Å². The highest BCUT2D eigenvalue weighted by Crippen LogP contribution is 2.01. The molecule has 0 spiro atoms. The van der Waals surface area contributed by atoms with Gasteiger partial charge in [0.15, 0.2) is 0 Å². The third-order valence-corrected chi connectivity index (χ3v) is 1.79. The van der Waals surface area contributed by atoms with E-state index in [-0.39, 0.29) is 0 Å². The molecule has 1 heterocycles. The molecule has 68 valence electrons. The van der Waals surface area contributed by atoms with Gasteiger partial charge in [-0.25, -0.2) is 0 Å². The molecule has 0 aromatic rings. The lowest BCUT2D eigenvalue weighted by Crippen LogP contribution is -2.19. The standard InChI is InChI=1S/C10H17NO/c1-2-3-7-10-12-11-8-5-4-6-9-11/h4-6,8H,2-3,7,9-10H2,1H3. The maximum atomic E-state index is 5.48. The first-order valence-electron chi connectivity index (χ1n) is 4.66. The zero-order valence-corrected chi connectivity index (χ0v) is 7.70. The Balaban J connectivity index is 2.00. The Labute approximate surface area is 74.5 Å². The molecular formula is C10H17NO. The monoisotopic (exact) mass is 167 g/mol. The first-order chi connectivity index (χ1) is 5.93. The van der Waals surface area contributed by atoms with Crippen molar-refractivity contribution >= 4 is 0 Å². The van der Waals surface area contributed by atoms with Gasteiger partial charge in [-0.15, -0.1) is 0 Å². The van der Waals surface area contributed by atoms with E-state index >= 15 is 0 Å². The summed E-state index contributed by atoms with van der Waals surface area (Å²) in [4.78, 5) is 5.48. The molecule has 1 rings (SSSR count). The third kappa shape index (κ3) is 3.58. The molecule has 0 radical (unpaired) electrons. The van der Waals surface area contributed by atoms with E-state index in [1.54, 1.807) is 0 Å². The van der Waals surface area contributed by atoms with Crippen LogP contribution in [0.25, 0.3) is 0 Å². The number of rotatable bonds is 5. The van der Waals surface area contributed by atoms with Crippen molar-refractivity contribution in [1.29, 1.82) is 0 Å². The highest BCUT2D eigenvalue weighted by Gasteiger charge is 1.98. The first kappa shape index (κ1) is 9.33. The number of nitrogens with zero attached hydrogens (tertiary/aromatic N) is 1. The van der Waals surface area contributed by atoms with Crippen molar-refractivity contribution in [3.8, 4) is 0 Å². The van der Waals surface area contributed by atoms with Crippen LogP contribution in [0.3, 0.4) is 0 Å². The molecule has 1 aliphatic rings. The largest absolute Gasteiger partial charge is 0.274 e. The summed E-state index contributed by atoms with van der Waals surface area (Å²) in [6, 6.07) is 0. The summed E-state index contributed by atoms with van der Waals surface area (Å²) in [6.07, 6.45) is 11.7. The molecule has 0 aromatic carbocycles. The van der Waals surface area contributed by atoms with E-state index in [0.29, 0.717) is 0 Å². The smallest absolute Gasteiger partial charge is 0.0748 e. The van der Waals surface area contributed by atoms with Gasteiger partial charge in [0.2, 0.25) is 0 Å². The summed E-state index contributed by atoms with van der Waals surface area (Å²) in [7, 11) is 0. The van der Waals surface area contributed by atoms with Crippen LogP contribution in [0, 0.1) is 0 Å². The summed E-state index contributed by atoms with van der Waals surface area (Å²) >= 11 is 0. The van der Waals surface area contributed by atoms with Gasteiger partial charge in [-0.05, 0) is 12.5 Å². The van der Waals surface area contributed by atoms with Crippen molar-refractivity contribution in [3.05, 3.63) is 24.4 Å². The summed E-state index contributed by atoms with van der Waals surface area (Å²) in [5, 5.41) is 1.87. The molecule has 0 N–H and O–H groups in total. The second-order valence-corrected chi connectivity index (χ2v) is 2.91. The van der Waals surface area contributed by atoms with Gasteiger partial charge < -0.3 is 0 Å². The number of hydroxylamine groups is 2. The molecule has 1 aliphatic heterocycles. The summed E-state index contributed by atoms with van der Waals surface area (Å²) in [5.41, 5.74) is 0. The Bertz CT molecular complexity index is 163. The minimum atomic E-state index is 0.839. The fraction of sp³-hybridized carbons (Fsp3) is 0.600. The maximum absolute atomic E-state index is 5.48. The second-order valence-electron chi connectivity index (χ2n) is 2.91. The third-order valence-electron chi connectivity index (χ3n) is 1.79. The van der Waals surface area contributed by atoms with Crippen molar-refractivity contribution in [2.45, 2.75) is 26.2 Å². The Morgan fingerprint density at radius 3 is 2.92 bits per heavy atom. The highest BCUT2D eigenvalue weighted by atomic mass is 16.7. The molecule has 0 bridgehead atoms. The van der Waals surface area contributed by atoms with Crippen LogP contribution in [0.15, 0.2) is 24.4 Å². The van der Waals surface area contributed by atoms with E-state index in [2.05, 4.69) is 13.0 Å². The molecule has 0 saturated heterocycles. The lowest BCUT2D eigenvalue weighted by molar-refractivity contribution is -0.114. The van der Waals surface area contributed by atoms with Crippen molar-refractivity contribution in [2.75, 3.05) is 13.2 Å². The molecule has 0 saturated carbocycles. The summed E-state index contributed by atoms with van der Waals surface area (Å²) in [5.74, 6) is 0. The molecule has 2 heteroatoms. The maximum Gasteiger partial charge on any atom is 0.0748 e. The van der Waals surface area contributed by atoms with Crippen LogP contribution >= 0.6 is 0 Å². The van der Waals surface area contributed by atoms with Crippen LogP contribution in [0.2, 0.25) is 0 Å². The van der Waals surface area contributed by atoms with E-state index < -0.39 is 0 Å². The normalized spacial score (nSPS) is 15.6. The van der Waals surface area contributed by atoms with Gasteiger partial charge in [-0.3, -0.25) is 9.90 Å². The van der Waals surface area contributed by atoms with E-state index in [9.17, 15) is 0 Å². The van der Waals surface area contributed by atoms with E-state index in [1.807, 2.05) is 23.4 Å². The topological polar surface area (TPSA) is 12.5 Å². The first-order valence-corrected chi connectivity index (χ1v) is 4.66. The zero-order valence-electron chi connectivity index (χ0n) is 7.70. The van der Waals surface area contributed by atoms with Gasteiger partial charge in [0, 0.05) is 6.20 Å². The predicted molar refractivity (Wildman–Crippen MR) is 50.5 cm³/mol. The summed E-state index contributed by atoms with van der Waals surface area (Å²) < 4.78 is 0. The minimum Gasteiger partial charge on any atom is -0.274 e. The van der Waals surface area contributed by atoms with Gasteiger partial charge in [0.1, 0.15) is 0 Å². The molecular weight excluding hydrogens is 150 g/mol. The lowest BCUT2D eigenvalue weighted by atomic mass is 10.3. The number of unbranched alkanes of at least 4 members (excludes halogenated alkanes) is 2. The van der Waals surface area contributed by atoms with Crippen LogP contribution in [0.5, 0.6) is 0 Å². The quantitative estimate of drug-likeness (QED) is 0.583. The average Bonchev–Trinajstić information content (AvgIpc) is 2.14. The van der Waals surface area contributed by atoms with Crippen molar-refractivity contribution in [2.24, 2.45) is 0 Å². The Morgan fingerprint density at radius 1 is 1.33 bits per heavy atom. The minimum absolute atomic E-state index is 0.839. The molecule has 0 unspecified atom stereocenters. The molecule has 0 aliphatic carbocycles. The predicted octanol–water partition coefficient (Wildman–Crippen LogP) is 2.49. The number of allylic oxidation sites excluding steroid dienone is 2. The zero-order chi connectivity index (χ0) is 8.65. The molecule has 2 nitrogen and oxygen atoms in total. The second kappa shape index (κ2) is 5.84. The van der Waals surface area contributed by atoms with Crippen LogP contribution in [-0.2, 0) is 4.84 Å². The van der Waals surface area contributed by atoms with E-state index in [1.165, 1.54) is 12.8 Å². The molecule has 0 amide bonds. The van der Waals surface area contributed by atoms with Crippen LogP contribution in [0.1, 0.15) is 26.2 Å². The number of hydrogen-bond acceptors (Lipinski definition) is 2. The van der Waals surface area contributed by atoms with Crippen LogP contribution < -0.4 is 0 Å².